The number of halogens is 1. The Morgan fingerprint density at radius 3 is 2.75 bits per heavy atom. The van der Waals surface area contributed by atoms with Crippen LogP contribution in [-0.2, 0) is 6.61 Å². The maximum Gasteiger partial charge on any atom is 0.336 e. The number of aryl methyl sites for hydroxylation is 2. The topological polar surface area (TPSA) is 59.4 Å². The number of ether oxygens (including phenoxy) is 1. The van der Waals surface area contributed by atoms with Gasteiger partial charge >= 0.3 is 5.97 Å². The van der Waals surface area contributed by atoms with Gasteiger partial charge in [0.2, 0.25) is 5.88 Å². The van der Waals surface area contributed by atoms with Crippen molar-refractivity contribution in [3.05, 3.63) is 57.2 Å². The molecule has 2 rings (SSSR count). The van der Waals surface area contributed by atoms with Crippen LogP contribution in [0.5, 0.6) is 5.88 Å². The molecule has 1 heterocycles. The number of hydrogen-bond acceptors (Lipinski definition) is 3. The Bertz CT molecular complexity index is 656. The lowest BCUT2D eigenvalue weighted by Crippen LogP contribution is -2.07. The first-order valence-electron chi connectivity index (χ1n) is 6.06. The van der Waals surface area contributed by atoms with Gasteiger partial charge in [0.1, 0.15) is 6.61 Å². The third-order valence-corrected chi connectivity index (χ3v) is 3.64. The second-order valence-electron chi connectivity index (χ2n) is 4.43. The number of carboxylic acids is 1. The fourth-order valence-electron chi connectivity index (χ4n) is 1.79. The zero-order chi connectivity index (χ0) is 14.7. The van der Waals surface area contributed by atoms with E-state index in [1.807, 2.05) is 26.0 Å². The van der Waals surface area contributed by atoms with E-state index < -0.39 is 5.97 Å². The lowest BCUT2D eigenvalue weighted by Gasteiger charge is -2.12. The summed E-state index contributed by atoms with van der Waals surface area (Å²) < 4.78 is 6.38. The van der Waals surface area contributed by atoms with Crippen molar-refractivity contribution in [2.45, 2.75) is 20.5 Å². The van der Waals surface area contributed by atoms with Crippen molar-refractivity contribution in [1.29, 1.82) is 0 Å². The summed E-state index contributed by atoms with van der Waals surface area (Å²) >= 11 is 3.36. The van der Waals surface area contributed by atoms with Gasteiger partial charge in [0.25, 0.3) is 0 Å². The molecule has 0 aliphatic carbocycles. The number of rotatable bonds is 4. The van der Waals surface area contributed by atoms with Gasteiger partial charge in [0.15, 0.2) is 0 Å². The molecule has 0 bridgehead atoms. The van der Waals surface area contributed by atoms with Gasteiger partial charge in [-0.25, -0.2) is 9.78 Å². The summed E-state index contributed by atoms with van der Waals surface area (Å²) in [5.74, 6) is -0.448. The van der Waals surface area contributed by atoms with Gasteiger partial charge in [0.05, 0.1) is 5.56 Å². The van der Waals surface area contributed by atoms with Gasteiger partial charge < -0.3 is 9.84 Å². The first-order valence-corrected chi connectivity index (χ1v) is 6.86. The van der Waals surface area contributed by atoms with Crippen molar-refractivity contribution in [3.8, 4) is 5.88 Å². The summed E-state index contributed by atoms with van der Waals surface area (Å²) in [6.45, 7) is 3.94. The summed E-state index contributed by atoms with van der Waals surface area (Å²) in [5.41, 5.74) is 2.60. The maximum atomic E-state index is 11.2. The second-order valence-corrected chi connectivity index (χ2v) is 5.29. The van der Waals surface area contributed by atoms with E-state index in [0.29, 0.717) is 15.9 Å². The molecule has 5 heteroatoms. The number of carboxylic acid groups (broad SMARTS) is 1. The molecule has 0 spiro atoms. The molecule has 0 aliphatic rings. The van der Waals surface area contributed by atoms with Crippen LogP contribution in [0.2, 0.25) is 0 Å². The summed E-state index contributed by atoms with van der Waals surface area (Å²) in [6, 6.07) is 8.87. The predicted octanol–water partition coefficient (Wildman–Crippen LogP) is 3.74. The molecule has 0 aliphatic heterocycles. The Hall–Kier alpha value is -1.88. The van der Waals surface area contributed by atoms with E-state index >= 15 is 0 Å². The smallest absolute Gasteiger partial charge is 0.336 e. The number of carbonyl (C=O) groups is 1. The van der Waals surface area contributed by atoms with Crippen molar-refractivity contribution in [1.82, 2.24) is 4.98 Å². The van der Waals surface area contributed by atoms with Crippen LogP contribution in [0.1, 0.15) is 27.2 Å². The number of aromatic nitrogens is 1. The lowest BCUT2D eigenvalue weighted by atomic mass is 10.1. The first kappa shape index (κ1) is 14.5. The Morgan fingerprint density at radius 2 is 2.05 bits per heavy atom. The second kappa shape index (κ2) is 6.05. The van der Waals surface area contributed by atoms with Crippen molar-refractivity contribution >= 4 is 21.9 Å². The van der Waals surface area contributed by atoms with Crippen molar-refractivity contribution in [2.24, 2.45) is 0 Å². The minimum atomic E-state index is -0.973. The monoisotopic (exact) mass is 335 g/mol. The SMILES string of the molecule is Cc1ccc(C)c(OCc2c(Br)cccc2C(=O)O)n1. The number of hydrogen-bond donors (Lipinski definition) is 1. The largest absolute Gasteiger partial charge is 0.478 e. The van der Waals surface area contributed by atoms with E-state index in [0.717, 1.165) is 11.3 Å². The fourth-order valence-corrected chi connectivity index (χ4v) is 2.28. The Balaban J connectivity index is 2.27. The third-order valence-electron chi connectivity index (χ3n) is 2.89. The zero-order valence-electron chi connectivity index (χ0n) is 11.2. The average Bonchev–Trinajstić information content (AvgIpc) is 2.40. The molecule has 0 saturated heterocycles. The molecule has 1 aromatic heterocycles. The standard InChI is InChI=1S/C15H14BrNO3/c1-9-6-7-10(2)17-14(9)20-8-12-11(15(18)19)4-3-5-13(12)16/h3-7H,8H2,1-2H3,(H,18,19). The number of nitrogens with zero attached hydrogens (tertiary/aromatic N) is 1. The first-order chi connectivity index (χ1) is 9.49. The molecule has 2 aromatic rings. The maximum absolute atomic E-state index is 11.2. The van der Waals surface area contributed by atoms with E-state index in [1.54, 1.807) is 18.2 Å². The molecule has 0 saturated carbocycles. The molecule has 104 valence electrons. The minimum absolute atomic E-state index is 0.153. The molecule has 0 radical (unpaired) electrons. The molecule has 0 unspecified atom stereocenters. The summed E-state index contributed by atoms with van der Waals surface area (Å²) in [4.78, 5) is 15.5. The molecular formula is C15H14BrNO3. The van der Waals surface area contributed by atoms with Crippen LogP contribution in [0.3, 0.4) is 0 Å². The van der Waals surface area contributed by atoms with Gasteiger partial charge in [-0.05, 0) is 32.0 Å². The molecule has 20 heavy (non-hydrogen) atoms. The summed E-state index contributed by atoms with van der Waals surface area (Å²) in [5, 5.41) is 9.19. The highest BCUT2D eigenvalue weighted by Gasteiger charge is 2.14. The van der Waals surface area contributed by atoms with Crippen LogP contribution in [0, 0.1) is 13.8 Å². The molecule has 0 atom stereocenters. The van der Waals surface area contributed by atoms with E-state index in [4.69, 9.17) is 4.74 Å². The van der Waals surface area contributed by atoms with Crippen molar-refractivity contribution in [2.75, 3.05) is 0 Å². The highest BCUT2D eigenvalue weighted by atomic mass is 79.9. The van der Waals surface area contributed by atoms with E-state index in [-0.39, 0.29) is 12.2 Å². The van der Waals surface area contributed by atoms with E-state index in [2.05, 4.69) is 20.9 Å². The highest BCUT2D eigenvalue weighted by Crippen LogP contribution is 2.23. The normalized spacial score (nSPS) is 10.3. The summed E-state index contributed by atoms with van der Waals surface area (Å²) in [6.07, 6.45) is 0. The number of pyridine rings is 1. The molecule has 0 fully saturated rings. The number of aromatic carboxylic acids is 1. The molecule has 4 nitrogen and oxygen atoms in total. The van der Waals surface area contributed by atoms with Crippen LogP contribution in [0.4, 0.5) is 0 Å². The summed E-state index contributed by atoms with van der Waals surface area (Å²) in [7, 11) is 0. The minimum Gasteiger partial charge on any atom is -0.478 e. The third kappa shape index (κ3) is 3.17. The van der Waals surface area contributed by atoms with Crippen molar-refractivity contribution < 1.29 is 14.6 Å². The lowest BCUT2D eigenvalue weighted by molar-refractivity contribution is 0.0693. The highest BCUT2D eigenvalue weighted by molar-refractivity contribution is 9.10. The van der Waals surface area contributed by atoms with E-state index in [9.17, 15) is 9.90 Å². The Kier molecular flexibility index (Phi) is 4.39. The van der Waals surface area contributed by atoms with Crippen LogP contribution in [-0.4, -0.2) is 16.1 Å². The molecule has 1 N–H and O–H groups in total. The Labute approximate surface area is 125 Å². The predicted molar refractivity (Wildman–Crippen MR) is 79.1 cm³/mol. The van der Waals surface area contributed by atoms with Gasteiger partial charge in [-0.3, -0.25) is 0 Å². The zero-order valence-corrected chi connectivity index (χ0v) is 12.8. The fraction of sp³-hybridized carbons (Fsp3) is 0.200. The van der Waals surface area contributed by atoms with Crippen molar-refractivity contribution in [3.63, 3.8) is 0 Å². The Morgan fingerprint density at radius 1 is 1.30 bits per heavy atom. The van der Waals surface area contributed by atoms with Gasteiger partial charge in [-0.2, -0.15) is 0 Å². The van der Waals surface area contributed by atoms with Crippen LogP contribution < -0.4 is 4.74 Å². The van der Waals surface area contributed by atoms with E-state index in [1.165, 1.54) is 0 Å². The quantitative estimate of drug-likeness (QED) is 0.924. The average molecular weight is 336 g/mol. The molecule has 1 aromatic carbocycles. The van der Waals surface area contributed by atoms with Gasteiger partial charge in [-0.1, -0.05) is 28.1 Å². The van der Waals surface area contributed by atoms with Crippen LogP contribution in [0.25, 0.3) is 0 Å². The molecule has 0 amide bonds. The van der Waals surface area contributed by atoms with Crippen LogP contribution >= 0.6 is 15.9 Å². The van der Waals surface area contributed by atoms with Gasteiger partial charge in [0, 0.05) is 21.3 Å². The number of benzene rings is 1. The van der Waals surface area contributed by atoms with Crippen LogP contribution in [0.15, 0.2) is 34.8 Å². The molecular weight excluding hydrogens is 322 g/mol. The van der Waals surface area contributed by atoms with Gasteiger partial charge in [-0.15, -0.1) is 0 Å².